The van der Waals surface area contributed by atoms with Crippen molar-refractivity contribution in [2.45, 2.75) is 44.6 Å². The fourth-order valence-electron chi connectivity index (χ4n) is 3.07. The molecule has 0 radical (unpaired) electrons. The number of aliphatic carboxylic acids is 1. The Morgan fingerprint density at radius 3 is 2.43 bits per heavy atom. The van der Waals surface area contributed by atoms with Crippen LogP contribution in [0.15, 0.2) is 0 Å². The summed E-state index contributed by atoms with van der Waals surface area (Å²) < 4.78 is 5.29. The third-order valence-electron chi connectivity index (χ3n) is 4.42. The Labute approximate surface area is 125 Å². The predicted molar refractivity (Wildman–Crippen MR) is 78.0 cm³/mol. The second-order valence-electron chi connectivity index (χ2n) is 6.01. The molecule has 6 heteroatoms. The topological polar surface area (TPSA) is 78.9 Å². The van der Waals surface area contributed by atoms with E-state index < -0.39 is 5.97 Å². The number of hydrogen-bond acceptors (Lipinski definition) is 4. The maximum atomic E-state index is 11.9. The number of carbonyl (C=O) groups is 2. The normalized spacial score (nSPS) is 27.2. The van der Waals surface area contributed by atoms with Crippen LogP contribution in [0.1, 0.15) is 38.5 Å². The minimum absolute atomic E-state index is 0.0991. The molecular weight excluding hydrogens is 272 g/mol. The molecule has 1 aliphatic carbocycles. The van der Waals surface area contributed by atoms with Gasteiger partial charge in [-0.05, 0) is 38.6 Å². The van der Waals surface area contributed by atoms with E-state index in [1.54, 1.807) is 0 Å². The summed E-state index contributed by atoms with van der Waals surface area (Å²) in [7, 11) is 0. The lowest BCUT2D eigenvalue weighted by atomic mass is 9.86. The molecule has 0 aromatic carbocycles. The molecule has 21 heavy (non-hydrogen) atoms. The Morgan fingerprint density at radius 2 is 1.81 bits per heavy atom. The van der Waals surface area contributed by atoms with Gasteiger partial charge in [-0.3, -0.25) is 14.5 Å². The number of carbonyl (C=O) groups excluding carboxylic acids is 1. The van der Waals surface area contributed by atoms with Gasteiger partial charge < -0.3 is 15.2 Å². The quantitative estimate of drug-likeness (QED) is 0.760. The number of nitrogens with zero attached hydrogens (tertiary/aromatic N) is 1. The molecule has 6 nitrogen and oxygen atoms in total. The summed E-state index contributed by atoms with van der Waals surface area (Å²) in [6.07, 6.45) is 4.34. The number of rotatable bonds is 6. The second-order valence-corrected chi connectivity index (χ2v) is 6.01. The molecule has 2 rings (SSSR count). The molecule has 1 heterocycles. The van der Waals surface area contributed by atoms with Crippen LogP contribution in [0.4, 0.5) is 0 Å². The Kier molecular flexibility index (Phi) is 6.45. The lowest BCUT2D eigenvalue weighted by molar-refractivity contribution is -0.142. The standard InChI is InChI=1S/C15H26N2O4/c18-14(2-1-7-17-8-10-21-11-9-17)16-13-5-3-12(4-6-13)15(19)20/h12-13H,1-11H2,(H,16,18)(H,19,20)/t12-,13+. The number of nitrogens with one attached hydrogen (secondary N) is 1. The van der Waals surface area contributed by atoms with Crippen molar-refractivity contribution in [1.82, 2.24) is 10.2 Å². The zero-order valence-corrected chi connectivity index (χ0v) is 12.6. The van der Waals surface area contributed by atoms with Gasteiger partial charge in [-0.15, -0.1) is 0 Å². The van der Waals surface area contributed by atoms with Crippen LogP contribution in [0, 0.1) is 5.92 Å². The first-order chi connectivity index (χ1) is 10.1. The zero-order chi connectivity index (χ0) is 15.1. The van der Waals surface area contributed by atoms with Crippen LogP contribution in [-0.4, -0.2) is 60.8 Å². The number of hydrogen-bond donors (Lipinski definition) is 2. The van der Waals surface area contributed by atoms with E-state index in [2.05, 4.69) is 10.2 Å². The molecule has 0 aromatic rings. The summed E-state index contributed by atoms with van der Waals surface area (Å²) in [5.74, 6) is -0.827. The van der Waals surface area contributed by atoms with Gasteiger partial charge in [-0.2, -0.15) is 0 Å². The minimum Gasteiger partial charge on any atom is -0.481 e. The van der Waals surface area contributed by atoms with Gasteiger partial charge in [0.1, 0.15) is 0 Å². The molecule has 1 saturated carbocycles. The number of carboxylic acids is 1. The summed E-state index contributed by atoms with van der Waals surface area (Å²) in [6, 6.07) is 0.163. The van der Waals surface area contributed by atoms with Gasteiger partial charge in [-0.1, -0.05) is 0 Å². The maximum absolute atomic E-state index is 11.9. The van der Waals surface area contributed by atoms with Crippen molar-refractivity contribution in [3.05, 3.63) is 0 Å². The highest BCUT2D eigenvalue weighted by Crippen LogP contribution is 2.24. The van der Waals surface area contributed by atoms with Crippen molar-refractivity contribution in [3.8, 4) is 0 Å². The van der Waals surface area contributed by atoms with Crippen LogP contribution in [0.5, 0.6) is 0 Å². The number of carboxylic acid groups (broad SMARTS) is 1. The average Bonchev–Trinajstić information content (AvgIpc) is 2.49. The summed E-state index contributed by atoms with van der Waals surface area (Å²) in [4.78, 5) is 25.1. The summed E-state index contributed by atoms with van der Waals surface area (Å²) in [5.41, 5.74) is 0. The van der Waals surface area contributed by atoms with Crippen LogP contribution in [-0.2, 0) is 14.3 Å². The Balaban J connectivity index is 1.56. The first kappa shape index (κ1) is 16.2. The molecule has 1 aliphatic heterocycles. The van der Waals surface area contributed by atoms with Gasteiger partial charge in [0, 0.05) is 25.6 Å². The molecule has 1 saturated heterocycles. The fourth-order valence-corrected chi connectivity index (χ4v) is 3.07. The fraction of sp³-hybridized carbons (Fsp3) is 0.867. The lowest BCUT2D eigenvalue weighted by Crippen LogP contribution is -2.40. The Hall–Kier alpha value is -1.14. The third kappa shape index (κ3) is 5.63. The molecule has 0 spiro atoms. The van der Waals surface area contributed by atoms with Crippen molar-refractivity contribution < 1.29 is 19.4 Å². The predicted octanol–water partition coefficient (Wildman–Crippen LogP) is 0.858. The minimum atomic E-state index is -0.703. The van der Waals surface area contributed by atoms with Gasteiger partial charge in [0.25, 0.3) is 0 Å². The number of morpholine rings is 1. The largest absolute Gasteiger partial charge is 0.481 e. The van der Waals surface area contributed by atoms with E-state index in [0.29, 0.717) is 19.3 Å². The van der Waals surface area contributed by atoms with Crippen LogP contribution in [0.25, 0.3) is 0 Å². The van der Waals surface area contributed by atoms with E-state index >= 15 is 0 Å². The molecule has 2 N–H and O–H groups in total. The second kappa shape index (κ2) is 8.34. The van der Waals surface area contributed by atoms with E-state index in [1.807, 2.05) is 0 Å². The highest BCUT2D eigenvalue weighted by Gasteiger charge is 2.26. The summed E-state index contributed by atoms with van der Waals surface area (Å²) in [5, 5.41) is 12.0. The van der Waals surface area contributed by atoms with Gasteiger partial charge in [-0.25, -0.2) is 0 Å². The number of amides is 1. The lowest BCUT2D eigenvalue weighted by Gasteiger charge is -2.28. The molecular formula is C15H26N2O4. The molecule has 0 unspecified atom stereocenters. The van der Waals surface area contributed by atoms with Crippen molar-refractivity contribution in [3.63, 3.8) is 0 Å². The Bertz CT molecular complexity index is 348. The van der Waals surface area contributed by atoms with Crippen LogP contribution in [0.3, 0.4) is 0 Å². The zero-order valence-electron chi connectivity index (χ0n) is 12.6. The highest BCUT2D eigenvalue weighted by atomic mass is 16.5. The summed E-state index contributed by atoms with van der Waals surface area (Å²) in [6.45, 7) is 4.45. The first-order valence-corrected chi connectivity index (χ1v) is 7.97. The first-order valence-electron chi connectivity index (χ1n) is 7.97. The van der Waals surface area contributed by atoms with Gasteiger partial charge in [0.15, 0.2) is 0 Å². The number of ether oxygens (including phenoxy) is 1. The summed E-state index contributed by atoms with van der Waals surface area (Å²) >= 11 is 0. The average molecular weight is 298 g/mol. The van der Waals surface area contributed by atoms with E-state index in [-0.39, 0.29) is 17.9 Å². The molecule has 0 bridgehead atoms. The monoisotopic (exact) mass is 298 g/mol. The highest BCUT2D eigenvalue weighted by molar-refractivity contribution is 5.76. The van der Waals surface area contributed by atoms with Crippen LogP contribution in [0.2, 0.25) is 0 Å². The molecule has 1 amide bonds. The molecule has 2 fully saturated rings. The van der Waals surface area contributed by atoms with Gasteiger partial charge in [0.05, 0.1) is 19.1 Å². The molecule has 2 aliphatic rings. The van der Waals surface area contributed by atoms with Crippen LogP contribution >= 0.6 is 0 Å². The third-order valence-corrected chi connectivity index (χ3v) is 4.42. The van der Waals surface area contributed by atoms with Gasteiger partial charge in [0.2, 0.25) is 5.91 Å². The van der Waals surface area contributed by atoms with E-state index in [4.69, 9.17) is 9.84 Å². The smallest absolute Gasteiger partial charge is 0.306 e. The SMILES string of the molecule is O=C(CCCN1CCOCC1)N[C@H]1CC[C@@H](C(=O)O)CC1. The molecule has 0 atom stereocenters. The maximum Gasteiger partial charge on any atom is 0.306 e. The Morgan fingerprint density at radius 1 is 1.14 bits per heavy atom. The van der Waals surface area contributed by atoms with E-state index in [0.717, 1.165) is 52.1 Å². The van der Waals surface area contributed by atoms with Gasteiger partial charge >= 0.3 is 5.97 Å². The van der Waals surface area contributed by atoms with Crippen molar-refractivity contribution in [2.24, 2.45) is 5.92 Å². The van der Waals surface area contributed by atoms with Crippen molar-refractivity contribution >= 4 is 11.9 Å². The van der Waals surface area contributed by atoms with E-state index in [1.165, 1.54) is 0 Å². The van der Waals surface area contributed by atoms with Crippen molar-refractivity contribution in [2.75, 3.05) is 32.8 Å². The van der Waals surface area contributed by atoms with Crippen LogP contribution < -0.4 is 5.32 Å². The molecule has 120 valence electrons. The van der Waals surface area contributed by atoms with E-state index in [9.17, 15) is 9.59 Å². The van der Waals surface area contributed by atoms with Crippen molar-refractivity contribution in [1.29, 1.82) is 0 Å². The molecule has 0 aromatic heterocycles.